The Balaban J connectivity index is 2.32. The fourth-order valence-corrected chi connectivity index (χ4v) is 3.43. The van der Waals surface area contributed by atoms with E-state index in [4.69, 9.17) is 0 Å². The minimum atomic E-state index is 0.823. The van der Waals surface area contributed by atoms with E-state index in [1.54, 1.807) is 0 Å². The van der Waals surface area contributed by atoms with Crippen molar-refractivity contribution in [1.29, 1.82) is 0 Å². The van der Waals surface area contributed by atoms with Gasteiger partial charge in [0.1, 0.15) is 0 Å². The van der Waals surface area contributed by atoms with Crippen LogP contribution in [0.25, 0.3) is 0 Å². The van der Waals surface area contributed by atoms with Gasteiger partial charge in [-0.15, -0.1) is 0 Å². The molecule has 2 heteroatoms. The lowest BCUT2D eigenvalue weighted by molar-refractivity contribution is 0.172. The molecule has 2 nitrogen and oxygen atoms in total. The Kier molecular flexibility index (Phi) is 10.4. The van der Waals surface area contributed by atoms with Gasteiger partial charge in [-0.3, -0.25) is 0 Å². The maximum atomic E-state index is 2.75. The van der Waals surface area contributed by atoms with Crippen LogP contribution in [0.15, 0.2) is 0 Å². The van der Waals surface area contributed by atoms with Gasteiger partial charge in [0.05, 0.1) is 0 Å². The van der Waals surface area contributed by atoms with Gasteiger partial charge in [0.2, 0.25) is 0 Å². The molecule has 1 fully saturated rings. The van der Waals surface area contributed by atoms with E-state index in [0.717, 1.165) is 17.8 Å². The molecule has 2 atom stereocenters. The second kappa shape index (κ2) is 11.5. The van der Waals surface area contributed by atoms with Crippen molar-refractivity contribution in [2.75, 3.05) is 39.3 Å². The summed E-state index contributed by atoms with van der Waals surface area (Å²) >= 11 is 0. The van der Waals surface area contributed by atoms with Crippen molar-refractivity contribution in [3.05, 3.63) is 0 Å². The molecule has 0 saturated carbocycles. The van der Waals surface area contributed by atoms with Gasteiger partial charge in [-0.2, -0.15) is 0 Å². The van der Waals surface area contributed by atoms with Crippen molar-refractivity contribution >= 4 is 0 Å². The first-order valence-electron chi connectivity index (χ1n) is 9.97. The Bertz CT molecular complexity index is 258. The SMILES string of the molecule is CCC(C)C(C)CN(CCCN1CCCCC1)CCC(C)C. The van der Waals surface area contributed by atoms with Gasteiger partial charge in [-0.05, 0) is 76.2 Å². The molecule has 0 radical (unpaired) electrons. The fraction of sp³-hybridized carbons (Fsp3) is 1.00. The monoisotopic (exact) mass is 310 g/mol. The molecule has 0 aromatic rings. The van der Waals surface area contributed by atoms with Crippen molar-refractivity contribution in [3.8, 4) is 0 Å². The summed E-state index contributed by atoms with van der Waals surface area (Å²) in [5, 5.41) is 0. The van der Waals surface area contributed by atoms with Crippen LogP contribution in [0.1, 0.15) is 73.1 Å². The van der Waals surface area contributed by atoms with E-state index in [1.165, 1.54) is 77.8 Å². The van der Waals surface area contributed by atoms with Gasteiger partial charge in [0.25, 0.3) is 0 Å². The van der Waals surface area contributed by atoms with E-state index in [-0.39, 0.29) is 0 Å². The molecule has 1 aliphatic rings. The summed E-state index contributed by atoms with van der Waals surface area (Å²) in [6.45, 7) is 19.8. The predicted molar refractivity (Wildman–Crippen MR) is 99.4 cm³/mol. The third-order valence-corrected chi connectivity index (χ3v) is 5.58. The fourth-order valence-electron chi connectivity index (χ4n) is 3.43. The predicted octanol–water partition coefficient (Wildman–Crippen LogP) is 4.89. The number of likely N-dealkylation sites (tertiary alicyclic amines) is 1. The molecule has 0 spiro atoms. The lowest BCUT2D eigenvalue weighted by Gasteiger charge is -2.31. The quantitative estimate of drug-likeness (QED) is 0.536. The van der Waals surface area contributed by atoms with E-state index in [0.29, 0.717) is 0 Å². The van der Waals surface area contributed by atoms with Crippen LogP contribution in [0.4, 0.5) is 0 Å². The maximum Gasteiger partial charge on any atom is 0.000957 e. The van der Waals surface area contributed by atoms with Gasteiger partial charge in [-0.1, -0.05) is 47.5 Å². The van der Waals surface area contributed by atoms with Crippen molar-refractivity contribution in [3.63, 3.8) is 0 Å². The van der Waals surface area contributed by atoms with Crippen LogP contribution in [0.2, 0.25) is 0 Å². The summed E-state index contributed by atoms with van der Waals surface area (Å²) in [4.78, 5) is 5.43. The molecule has 0 aliphatic carbocycles. The average Bonchev–Trinajstić information content (AvgIpc) is 2.52. The average molecular weight is 311 g/mol. The maximum absolute atomic E-state index is 2.75. The van der Waals surface area contributed by atoms with Crippen LogP contribution in [0.5, 0.6) is 0 Å². The highest BCUT2D eigenvalue weighted by Gasteiger charge is 2.16. The van der Waals surface area contributed by atoms with E-state index in [2.05, 4.69) is 44.4 Å². The van der Waals surface area contributed by atoms with E-state index in [9.17, 15) is 0 Å². The largest absolute Gasteiger partial charge is 0.303 e. The Hall–Kier alpha value is -0.0800. The van der Waals surface area contributed by atoms with Crippen molar-refractivity contribution < 1.29 is 0 Å². The number of hydrogen-bond acceptors (Lipinski definition) is 2. The second-order valence-corrected chi connectivity index (χ2v) is 8.10. The first-order chi connectivity index (χ1) is 10.5. The molecular weight excluding hydrogens is 268 g/mol. The number of rotatable bonds is 11. The first kappa shape index (κ1) is 20.0. The molecule has 1 rings (SSSR count). The molecule has 22 heavy (non-hydrogen) atoms. The Labute approximate surface area is 140 Å². The van der Waals surface area contributed by atoms with Gasteiger partial charge in [-0.25, -0.2) is 0 Å². The Morgan fingerprint density at radius 1 is 0.909 bits per heavy atom. The zero-order chi connectivity index (χ0) is 16.4. The summed E-state index contributed by atoms with van der Waals surface area (Å²) in [6, 6.07) is 0. The molecule has 0 amide bonds. The van der Waals surface area contributed by atoms with Crippen LogP contribution in [-0.2, 0) is 0 Å². The van der Waals surface area contributed by atoms with Crippen molar-refractivity contribution in [2.24, 2.45) is 17.8 Å². The highest BCUT2D eigenvalue weighted by molar-refractivity contribution is 4.70. The van der Waals surface area contributed by atoms with Gasteiger partial charge in [0.15, 0.2) is 0 Å². The Morgan fingerprint density at radius 2 is 1.59 bits per heavy atom. The molecule has 2 unspecified atom stereocenters. The number of piperidine rings is 1. The molecular formula is C20H42N2. The highest BCUT2D eigenvalue weighted by atomic mass is 15.1. The van der Waals surface area contributed by atoms with E-state index < -0.39 is 0 Å². The third kappa shape index (κ3) is 8.53. The van der Waals surface area contributed by atoms with Gasteiger partial charge in [0, 0.05) is 6.54 Å². The molecule has 132 valence electrons. The second-order valence-electron chi connectivity index (χ2n) is 8.10. The molecule has 1 heterocycles. The van der Waals surface area contributed by atoms with Crippen LogP contribution in [0, 0.1) is 17.8 Å². The number of nitrogens with zero attached hydrogens (tertiary/aromatic N) is 2. The van der Waals surface area contributed by atoms with Gasteiger partial charge < -0.3 is 9.80 Å². The summed E-state index contributed by atoms with van der Waals surface area (Å²) in [5.74, 6) is 2.50. The molecule has 0 bridgehead atoms. The van der Waals surface area contributed by atoms with Crippen molar-refractivity contribution in [1.82, 2.24) is 9.80 Å². The molecule has 0 N–H and O–H groups in total. The van der Waals surface area contributed by atoms with Crippen LogP contribution < -0.4 is 0 Å². The van der Waals surface area contributed by atoms with Crippen LogP contribution >= 0.6 is 0 Å². The van der Waals surface area contributed by atoms with Gasteiger partial charge >= 0.3 is 0 Å². The first-order valence-corrected chi connectivity index (χ1v) is 9.97. The zero-order valence-electron chi connectivity index (χ0n) is 16.1. The zero-order valence-corrected chi connectivity index (χ0v) is 16.1. The normalized spacial score (nSPS) is 19.8. The standard InChI is InChI=1S/C20H42N2/c1-6-19(4)20(5)17-22(16-11-18(2)3)15-10-14-21-12-8-7-9-13-21/h18-20H,6-17H2,1-5H3. The molecule has 0 aromatic carbocycles. The molecule has 1 saturated heterocycles. The summed E-state index contributed by atoms with van der Waals surface area (Å²) in [5.41, 5.74) is 0. The topological polar surface area (TPSA) is 6.48 Å². The van der Waals surface area contributed by atoms with E-state index >= 15 is 0 Å². The van der Waals surface area contributed by atoms with Crippen LogP contribution in [0.3, 0.4) is 0 Å². The van der Waals surface area contributed by atoms with E-state index in [1.807, 2.05) is 0 Å². The lowest BCUT2D eigenvalue weighted by atomic mass is 9.93. The highest BCUT2D eigenvalue weighted by Crippen LogP contribution is 2.17. The summed E-state index contributed by atoms with van der Waals surface area (Å²) in [7, 11) is 0. The lowest BCUT2D eigenvalue weighted by Crippen LogP contribution is -2.36. The third-order valence-electron chi connectivity index (χ3n) is 5.58. The smallest absolute Gasteiger partial charge is 0.000957 e. The summed E-state index contributed by atoms with van der Waals surface area (Å²) < 4.78 is 0. The Morgan fingerprint density at radius 3 is 2.18 bits per heavy atom. The van der Waals surface area contributed by atoms with Crippen molar-refractivity contribution in [2.45, 2.75) is 73.1 Å². The summed E-state index contributed by atoms with van der Waals surface area (Å²) in [6.07, 6.45) is 8.29. The minimum Gasteiger partial charge on any atom is -0.303 e. The minimum absolute atomic E-state index is 0.823. The molecule has 0 aromatic heterocycles. The molecule has 1 aliphatic heterocycles. The van der Waals surface area contributed by atoms with Crippen LogP contribution in [-0.4, -0.2) is 49.1 Å². The number of hydrogen-bond donors (Lipinski definition) is 0.